The highest BCUT2D eigenvalue weighted by Crippen LogP contribution is 2.22. The second-order valence-electron chi connectivity index (χ2n) is 5.15. The lowest BCUT2D eigenvalue weighted by Gasteiger charge is -2.14. The molecule has 2 nitrogen and oxygen atoms in total. The van der Waals surface area contributed by atoms with Crippen LogP contribution in [0.15, 0.2) is 36.4 Å². The fourth-order valence-corrected chi connectivity index (χ4v) is 2.52. The molecule has 0 spiro atoms. The van der Waals surface area contributed by atoms with Gasteiger partial charge in [-0.05, 0) is 43.0 Å². The van der Waals surface area contributed by atoms with Gasteiger partial charge in [0, 0.05) is 18.8 Å². The number of aryl methyl sites for hydroxylation is 3. The fourth-order valence-electron chi connectivity index (χ4n) is 2.52. The van der Waals surface area contributed by atoms with E-state index in [1.54, 1.807) is 0 Å². The molecule has 0 aliphatic heterocycles. The smallest absolute Gasteiger partial charge is 0.0402 e. The second kappa shape index (κ2) is 5.89. The zero-order valence-corrected chi connectivity index (χ0v) is 12.0. The third-order valence-electron chi connectivity index (χ3n) is 3.37. The summed E-state index contributed by atoms with van der Waals surface area (Å²) in [6.07, 6.45) is 0. The highest BCUT2D eigenvalue weighted by molar-refractivity contribution is 5.58. The lowest BCUT2D eigenvalue weighted by atomic mass is 10.0. The Balaban J connectivity index is 2.14. The molecule has 19 heavy (non-hydrogen) atoms. The van der Waals surface area contributed by atoms with Crippen LogP contribution in [0, 0.1) is 20.8 Å². The summed E-state index contributed by atoms with van der Waals surface area (Å²) in [6.45, 7) is 7.86. The molecule has 2 aromatic rings. The number of anilines is 1. The quantitative estimate of drug-likeness (QED) is 0.873. The van der Waals surface area contributed by atoms with Crippen molar-refractivity contribution in [2.45, 2.75) is 33.9 Å². The van der Waals surface area contributed by atoms with Gasteiger partial charge in [0.25, 0.3) is 0 Å². The first-order valence-corrected chi connectivity index (χ1v) is 6.69. The number of nitrogens with one attached hydrogen (secondary N) is 1. The van der Waals surface area contributed by atoms with Crippen molar-refractivity contribution in [3.63, 3.8) is 0 Å². The van der Waals surface area contributed by atoms with E-state index in [-0.39, 0.29) is 0 Å². The van der Waals surface area contributed by atoms with E-state index in [0.717, 1.165) is 6.54 Å². The van der Waals surface area contributed by atoms with Gasteiger partial charge in [-0.2, -0.15) is 0 Å². The minimum Gasteiger partial charge on any atom is -0.381 e. The van der Waals surface area contributed by atoms with E-state index in [1.165, 1.54) is 33.5 Å². The number of hydrogen-bond donors (Lipinski definition) is 2. The molecule has 0 aliphatic rings. The average Bonchev–Trinajstić information content (AvgIpc) is 2.37. The standard InChI is InChI=1S/C17H22N2/c1-12-7-13(2)17(14(3)8-12)19-11-16-6-4-5-15(9-16)10-18/h4-9,19H,10-11,18H2,1-3H3. The molecular formula is C17H22N2. The van der Waals surface area contributed by atoms with Crippen LogP contribution < -0.4 is 11.1 Å². The Bertz CT molecular complexity index is 550. The van der Waals surface area contributed by atoms with Crippen molar-refractivity contribution in [2.24, 2.45) is 5.73 Å². The summed E-state index contributed by atoms with van der Waals surface area (Å²) < 4.78 is 0. The van der Waals surface area contributed by atoms with E-state index < -0.39 is 0 Å². The molecule has 0 saturated heterocycles. The van der Waals surface area contributed by atoms with Crippen molar-refractivity contribution in [3.05, 3.63) is 64.2 Å². The fraction of sp³-hybridized carbons (Fsp3) is 0.294. The second-order valence-corrected chi connectivity index (χ2v) is 5.15. The SMILES string of the molecule is Cc1cc(C)c(NCc2cccc(CN)c2)c(C)c1. The van der Waals surface area contributed by atoms with Crippen molar-refractivity contribution in [3.8, 4) is 0 Å². The summed E-state index contributed by atoms with van der Waals surface area (Å²) in [5.41, 5.74) is 13.3. The van der Waals surface area contributed by atoms with Crippen LogP contribution in [-0.4, -0.2) is 0 Å². The Morgan fingerprint density at radius 3 is 2.21 bits per heavy atom. The zero-order chi connectivity index (χ0) is 13.8. The lowest BCUT2D eigenvalue weighted by Crippen LogP contribution is -2.04. The summed E-state index contributed by atoms with van der Waals surface area (Å²) in [5.74, 6) is 0. The van der Waals surface area contributed by atoms with Gasteiger partial charge in [-0.15, -0.1) is 0 Å². The molecule has 0 amide bonds. The summed E-state index contributed by atoms with van der Waals surface area (Å²) in [6, 6.07) is 12.8. The van der Waals surface area contributed by atoms with Crippen LogP contribution in [0.1, 0.15) is 27.8 Å². The van der Waals surface area contributed by atoms with Gasteiger partial charge < -0.3 is 11.1 Å². The van der Waals surface area contributed by atoms with E-state index in [2.05, 4.69) is 62.5 Å². The van der Waals surface area contributed by atoms with E-state index in [1.807, 2.05) is 0 Å². The zero-order valence-electron chi connectivity index (χ0n) is 12.0. The topological polar surface area (TPSA) is 38.0 Å². The van der Waals surface area contributed by atoms with Crippen LogP contribution in [-0.2, 0) is 13.1 Å². The molecule has 0 fully saturated rings. The Morgan fingerprint density at radius 2 is 1.58 bits per heavy atom. The summed E-state index contributed by atoms with van der Waals surface area (Å²) in [5, 5.41) is 3.54. The third kappa shape index (κ3) is 3.36. The molecule has 0 aliphatic carbocycles. The van der Waals surface area contributed by atoms with Crippen LogP contribution >= 0.6 is 0 Å². The Labute approximate surface area is 115 Å². The molecule has 0 heterocycles. The largest absolute Gasteiger partial charge is 0.381 e. The molecule has 2 heteroatoms. The number of hydrogen-bond acceptors (Lipinski definition) is 2. The van der Waals surface area contributed by atoms with Crippen molar-refractivity contribution in [1.29, 1.82) is 0 Å². The monoisotopic (exact) mass is 254 g/mol. The Morgan fingerprint density at radius 1 is 0.947 bits per heavy atom. The first-order valence-electron chi connectivity index (χ1n) is 6.69. The highest BCUT2D eigenvalue weighted by atomic mass is 14.9. The normalized spacial score (nSPS) is 10.5. The van der Waals surface area contributed by atoms with Gasteiger partial charge in [0.1, 0.15) is 0 Å². The van der Waals surface area contributed by atoms with Crippen molar-refractivity contribution in [1.82, 2.24) is 0 Å². The van der Waals surface area contributed by atoms with Gasteiger partial charge >= 0.3 is 0 Å². The maximum absolute atomic E-state index is 5.67. The minimum absolute atomic E-state index is 0.594. The molecule has 2 aromatic carbocycles. The maximum Gasteiger partial charge on any atom is 0.0402 e. The molecular weight excluding hydrogens is 232 g/mol. The number of rotatable bonds is 4. The van der Waals surface area contributed by atoms with Crippen LogP contribution in [0.25, 0.3) is 0 Å². The molecule has 0 atom stereocenters. The average molecular weight is 254 g/mol. The van der Waals surface area contributed by atoms with Crippen molar-refractivity contribution < 1.29 is 0 Å². The first-order chi connectivity index (χ1) is 9.10. The summed E-state index contributed by atoms with van der Waals surface area (Å²) >= 11 is 0. The molecule has 3 N–H and O–H groups in total. The predicted octanol–water partition coefficient (Wildman–Crippen LogP) is 3.68. The van der Waals surface area contributed by atoms with Crippen LogP contribution in [0.4, 0.5) is 5.69 Å². The van der Waals surface area contributed by atoms with E-state index in [0.29, 0.717) is 6.54 Å². The minimum atomic E-state index is 0.594. The van der Waals surface area contributed by atoms with Gasteiger partial charge in [0.05, 0.1) is 0 Å². The third-order valence-corrected chi connectivity index (χ3v) is 3.37. The van der Waals surface area contributed by atoms with E-state index in [4.69, 9.17) is 5.73 Å². The van der Waals surface area contributed by atoms with Crippen molar-refractivity contribution >= 4 is 5.69 Å². The van der Waals surface area contributed by atoms with E-state index in [9.17, 15) is 0 Å². The molecule has 2 rings (SSSR count). The van der Waals surface area contributed by atoms with Crippen LogP contribution in [0.5, 0.6) is 0 Å². The molecule has 0 unspecified atom stereocenters. The van der Waals surface area contributed by atoms with Gasteiger partial charge in [0.15, 0.2) is 0 Å². The van der Waals surface area contributed by atoms with Gasteiger partial charge in [0.2, 0.25) is 0 Å². The molecule has 0 saturated carbocycles. The molecule has 0 bridgehead atoms. The highest BCUT2D eigenvalue weighted by Gasteiger charge is 2.03. The lowest BCUT2D eigenvalue weighted by molar-refractivity contribution is 1.05. The first kappa shape index (κ1) is 13.6. The molecule has 100 valence electrons. The van der Waals surface area contributed by atoms with Crippen molar-refractivity contribution in [2.75, 3.05) is 5.32 Å². The van der Waals surface area contributed by atoms with E-state index >= 15 is 0 Å². The predicted molar refractivity (Wildman–Crippen MR) is 82.3 cm³/mol. The Kier molecular flexibility index (Phi) is 4.23. The Hall–Kier alpha value is -1.80. The maximum atomic E-state index is 5.67. The molecule has 0 radical (unpaired) electrons. The van der Waals surface area contributed by atoms with Gasteiger partial charge in [-0.25, -0.2) is 0 Å². The van der Waals surface area contributed by atoms with Crippen LogP contribution in [0.3, 0.4) is 0 Å². The van der Waals surface area contributed by atoms with Crippen LogP contribution in [0.2, 0.25) is 0 Å². The van der Waals surface area contributed by atoms with Gasteiger partial charge in [-0.1, -0.05) is 42.0 Å². The molecule has 0 aromatic heterocycles. The summed E-state index contributed by atoms with van der Waals surface area (Å²) in [4.78, 5) is 0. The number of benzene rings is 2. The summed E-state index contributed by atoms with van der Waals surface area (Å²) in [7, 11) is 0. The number of nitrogens with two attached hydrogens (primary N) is 1. The van der Waals surface area contributed by atoms with Gasteiger partial charge in [-0.3, -0.25) is 0 Å².